The molecule has 0 aromatic rings. The van der Waals surface area contributed by atoms with E-state index >= 15 is 0 Å². The van der Waals surface area contributed by atoms with Crippen LogP contribution in [0.2, 0.25) is 0 Å². The molecule has 0 saturated heterocycles. The Morgan fingerprint density at radius 3 is 2.44 bits per heavy atom. The minimum atomic E-state index is -3.98. The van der Waals surface area contributed by atoms with Gasteiger partial charge in [-0.1, -0.05) is 18.2 Å². The van der Waals surface area contributed by atoms with E-state index in [0.717, 1.165) is 12.5 Å². The number of hydrogen-bond donors (Lipinski definition) is 1. The molecule has 8 heteroatoms. The highest BCUT2D eigenvalue weighted by Gasteiger charge is 2.22. The van der Waals surface area contributed by atoms with E-state index in [0.29, 0.717) is 19.8 Å². The van der Waals surface area contributed by atoms with Gasteiger partial charge in [0.05, 0.1) is 26.0 Å². The number of rotatable bonds is 11. The standard InChI is InChI=1S/C10H19O7P/c1-3-5-14-6-7-15-8-9-18(12,13)17-16-10(11)4-2/h4H,2-3,5-9H2,1H3,(H,12,13). The maximum absolute atomic E-state index is 11.3. The minimum absolute atomic E-state index is 0.00883. The van der Waals surface area contributed by atoms with Crippen LogP contribution in [0.4, 0.5) is 0 Å². The Kier molecular flexibility index (Phi) is 9.82. The van der Waals surface area contributed by atoms with Crippen LogP contribution >= 0.6 is 7.60 Å². The van der Waals surface area contributed by atoms with Crippen LogP contribution in [-0.4, -0.2) is 43.5 Å². The smallest absolute Gasteiger partial charge is 0.369 e. The SMILES string of the molecule is C=CC(=O)OOP(=O)(O)CCOCCOCCC. The van der Waals surface area contributed by atoms with Crippen LogP contribution in [0, 0.1) is 0 Å². The number of carbonyl (C=O) groups excluding carboxylic acids is 1. The van der Waals surface area contributed by atoms with Crippen molar-refractivity contribution in [2.45, 2.75) is 13.3 Å². The first-order valence-electron chi connectivity index (χ1n) is 5.52. The fourth-order valence-corrected chi connectivity index (χ4v) is 1.44. The number of ether oxygens (including phenoxy) is 2. The van der Waals surface area contributed by atoms with Gasteiger partial charge in [-0.15, -0.1) is 0 Å². The summed E-state index contributed by atoms with van der Waals surface area (Å²) < 4.78 is 25.6. The fraction of sp³-hybridized carbons (Fsp3) is 0.700. The van der Waals surface area contributed by atoms with Crippen molar-refractivity contribution in [1.82, 2.24) is 0 Å². The molecule has 0 fully saturated rings. The highest BCUT2D eigenvalue weighted by atomic mass is 31.2. The Hall–Kier alpha value is -0.720. The van der Waals surface area contributed by atoms with E-state index in [1.807, 2.05) is 6.92 Å². The van der Waals surface area contributed by atoms with Crippen molar-refractivity contribution in [3.63, 3.8) is 0 Å². The van der Waals surface area contributed by atoms with Gasteiger partial charge in [-0.05, 0) is 6.42 Å². The summed E-state index contributed by atoms with van der Waals surface area (Å²) in [7, 11) is -3.98. The van der Waals surface area contributed by atoms with E-state index in [2.05, 4.69) is 16.1 Å². The highest BCUT2D eigenvalue weighted by molar-refractivity contribution is 7.52. The second-order valence-corrected chi connectivity index (χ2v) is 5.14. The lowest BCUT2D eigenvalue weighted by Crippen LogP contribution is -2.10. The van der Waals surface area contributed by atoms with Gasteiger partial charge in [-0.3, -0.25) is 9.45 Å². The van der Waals surface area contributed by atoms with Crippen LogP contribution in [0.3, 0.4) is 0 Å². The molecule has 7 nitrogen and oxygen atoms in total. The Morgan fingerprint density at radius 2 is 1.89 bits per heavy atom. The van der Waals surface area contributed by atoms with Crippen molar-refractivity contribution in [3.05, 3.63) is 12.7 Å². The van der Waals surface area contributed by atoms with Crippen molar-refractivity contribution in [1.29, 1.82) is 0 Å². The summed E-state index contributed by atoms with van der Waals surface area (Å²) >= 11 is 0. The van der Waals surface area contributed by atoms with E-state index in [1.54, 1.807) is 0 Å². The van der Waals surface area contributed by atoms with E-state index in [-0.39, 0.29) is 12.8 Å². The monoisotopic (exact) mass is 282 g/mol. The van der Waals surface area contributed by atoms with Gasteiger partial charge < -0.3 is 14.4 Å². The Labute approximate surface area is 106 Å². The first-order valence-corrected chi connectivity index (χ1v) is 7.28. The minimum Gasteiger partial charge on any atom is -0.379 e. The van der Waals surface area contributed by atoms with Gasteiger partial charge in [0.1, 0.15) is 0 Å². The molecule has 0 aliphatic heterocycles. The Morgan fingerprint density at radius 1 is 1.28 bits per heavy atom. The van der Waals surface area contributed by atoms with Crippen LogP contribution in [0.5, 0.6) is 0 Å². The average Bonchev–Trinajstić information content (AvgIpc) is 2.35. The van der Waals surface area contributed by atoms with Crippen LogP contribution in [-0.2, 0) is 28.4 Å². The van der Waals surface area contributed by atoms with Crippen LogP contribution in [0.25, 0.3) is 0 Å². The van der Waals surface area contributed by atoms with E-state index < -0.39 is 13.6 Å². The summed E-state index contributed by atoms with van der Waals surface area (Å²) in [6.45, 7) is 6.51. The molecule has 0 amide bonds. The topological polar surface area (TPSA) is 91.3 Å². The van der Waals surface area contributed by atoms with E-state index in [9.17, 15) is 14.3 Å². The lowest BCUT2D eigenvalue weighted by Gasteiger charge is -2.10. The molecule has 0 aromatic carbocycles. The van der Waals surface area contributed by atoms with Crippen LogP contribution in [0.1, 0.15) is 13.3 Å². The molecule has 1 N–H and O–H groups in total. The van der Waals surface area contributed by atoms with Crippen LogP contribution in [0.15, 0.2) is 12.7 Å². The first kappa shape index (κ1) is 17.3. The van der Waals surface area contributed by atoms with Crippen molar-refractivity contribution in [2.75, 3.05) is 32.6 Å². The second kappa shape index (κ2) is 10.2. The third-order valence-electron chi connectivity index (χ3n) is 1.64. The molecule has 0 bridgehead atoms. The van der Waals surface area contributed by atoms with Crippen molar-refractivity contribution < 1.29 is 33.3 Å². The number of hydrogen-bond acceptors (Lipinski definition) is 6. The van der Waals surface area contributed by atoms with Gasteiger partial charge in [0.2, 0.25) is 0 Å². The summed E-state index contributed by atoms with van der Waals surface area (Å²) in [5.74, 6) is -0.932. The molecule has 0 heterocycles. The van der Waals surface area contributed by atoms with Crippen LogP contribution < -0.4 is 0 Å². The van der Waals surface area contributed by atoms with Gasteiger partial charge >= 0.3 is 13.6 Å². The average molecular weight is 282 g/mol. The molecular formula is C10H19O7P. The van der Waals surface area contributed by atoms with Crippen molar-refractivity contribution >= 4 is 13.6 Å². The zero-order valence-electron chi connectivity index (χ0n) is 10.4. The molecule has 0 saturated carbocycles. The van der Waals surface area contributed by atoms with Gasteiger partial charge in [-0.2, -0.15) is 0 Å². The van der Waals surface area contributed by atoms with E-state index in [4.69, 9.17) is 9.47 Å². The summed E-state index contributed by atoms with van der Waals surface area (Å²) in [6.07, 6.45) is 1.47. The molecule has 1 atom stereocenters. The Bertz CT molecular complexity index is 292. The summed E-state index contributed by atoms with van der Waals surface area (Å²) in [6, 6.07) is 0. The summed E-state index contributed by atoms with van der Waals surface area (Å²) in [5, 5.41) is 0. The number of carbonyl (C=O) groups is 1. The zero-order valence-corrected chi connectivity index (χ0v) is 11.3. The molecule has 0 aliphatic rings. The third-order valence-corrected chi connectivity index (χ3v) is 2.70. The largest absolute Gasteiger partial charge is 0.379 e. The summed E-state index contributed by atoms with van der Waals surface area (Å²) in [4.78, 5) is 23.8. The molecule has 0 rings (SSSR count). The van der Waals surface area contributed by atoms with Crippen molar-refractivity contribution in [2.24, 2.45) is 0 Å². The normalized spacial score (nSPS) is 13.9. The quantitative estimate of drug-likeness (QED) is 0.200. The predicted octanol–water partition coefficient (Wildman–Crippen LogP) is 1.28. The molecule has 106 valence electrons. The van der Waals surface area contributed by atoms with Gasteiger partial charge in [0.15, 0.2) is 0 Å². The second-order valence-electron chi connectivity index (χ2n) is 3.27. The van der Waals surface area contributed by atoms with Gasteiger partial charge in [-0.25, -0.2) is 4.79 Å². The molecule has 0 spiro atoms. The summed E-state index contributed by atoms with van der Waals surface area (Å²) in [5.41, 5.74) is 0. The van der Waals surface area contributed by atoms with E-state index in [1.165, 1.54) is 0 Å². The molecule has 0 aromatic heterocycles. The highest BCUT2D eigenvalue weighted by Crippen LogP contribution is 2.41. The first-order chi connectivity index (χ1) is 8.52. The molecule has 1 unspecified atom stereocenters. The Balaban J connectivity index is 3.55. The predicted molar refractivity (Wildman–Crippen MR) is 64.0 cm³/mol. The fourth-order valence-electron chi connectivity index (χ4n) is 0.812. The lowest BCUT2D eigenvalue weighted by molar-refractivity contribution is -0.211. The zero-order chi connectivity index (χ0) is 13.9. The maximum atomic E-state index is 11.3. The molecular weight excluding hydrogens is 263 g/mol. The van der Waals surface area contributed by atoms with Gasteiger partial charge in [0, 0.05) is 12.7 Å². The molecule has 0 aliphatic carbocycles. The van der Waals surface area contributed by atoms with Crippen molar-refractivity contribution in [3.8, 4) is 0 Å². The third kappa shape index (κ3) is 10.4. The molecule has 0 radical (unpaired) electrons. The van der Waals surface area contributed by atoms with Gasteiger partial charge in [0.25, 0.3) is 0 Å². The lowest BCUT2D eigenvalue weighted by atomic mass is 10.5. The molecule has 18 heavy (non-hydrogen) atoms. The maximum Gasteiger partial charge on any atom is 0.369 e.